The molecule has 0 aromatic heterocycles. The summed E-state index contributed by atoms with van der Waals surface area (Å²) in [7, 11) is 1.43. The van der Waals surface area contributed by atoms with Gasteiger partial charge < -0.3 is 21.3 Å². The summed E-state index contributed by atoms with van der Waals surface area (Å²) in [4.78, 5) is 9.09. The Morgan fingerprint density at radius 3 is 1.62 bits per heavy atom. The van der Waals surface area contributed by atoms with Crippen molar-refractivity contribution in [1.29, 1.82) is 0 Å². The van der Waals surface area contributed by atoms with Gasteiger partial charge in [0, 0.05) is 6.10 Å². The lowest BCUT2D eigenvalue weighted by Gasteiger charge is -1.85. The van der Waals surface area contributed by atoms with Gasteiger partial charge in [0.25, 0.3) is 10.4 Å². The fourth-order valence-corrected chi connectivity index (χ4v) is 0. The number of methoxy groups -OCH3 is 1. The monoisotopic (exact) mass is 228 g/mol. The predicted molar refractivity (Wildman–Crippen MR) is 59.7 cm³/mol. The molecule has 0 bridgehead atoms. The summed E-state index contributed by atoms with van der Waals surface area (Å²) >= 11 is 7.36. The first-order chi connectivity index (χ1) is 5.73. The highest BCUT2D eigenvalue weighted by atomic mass is 32.1. The molecule has 1 amide bonds. The van der Waals surface area contributed by atoms with Gasteiger partial charge in [-0.05, 0) is 26.1 Å². The van der Waals surface area contributed by atoms with Crippen molar-refractivity contribution >= 4 is 35.3 Å². The predicted octanol–water partition coefficient (Wildman–Crippen LogP) is 0.258. The summed E-state index contributed by atoms with van der Waals surface area (Å²) in [5.41, 5.74) is 9.14. The maximum atomic E-state index is 9.09. The maximum Gasteiger partial charge on any atom is 0.273 e. The minimum absolute atomic E-state index is 0.0880. The molecule has 0 atom stereocenters. The normalized spacial score (nSPS) is 7.23. The first-order valence-corrected chi connectivity index (χ1v) is 4.09. The second kappa shape index (κ2) is 14.0. The van der Waals surface area contributed by atoms with Crippen LogP contribution in [-0.2, 0) is 4.74 Å². The lowest BCUT2D eigenvalue weighted by atomic mass is 10.5. The summed E-state index contributed by atoms with van der Waals surface area (Å²) < 4.78 is 4.26. The third-order valence-corrected chi connectivity index (χ3v) is 0.368. The van der Waals surface area contributed by atoms with Crippen molar-refractivity contribution in [2.45, 2.75) is 20.0 Å². The van der Waals surface area contributed by atoms with Crippen molar-refractivity contribution in [2.24, 2.45) is 11.5 Å². The SMILES string of the molecule is CC(C)O.COC(N)=S.NC(=O)S. The molecule has 0 heterocycles. The molecule has 0 rings (SSSR count). The molecule has 0 unspecified atom stereocenters. The molecule has 7 heteroatoms. The molecule has 0 aliphatic rings. The highest BCUT2D eigenvalue weighted by molar-refractivity contribution is 7.96. The third kappa shape index (κ3) is 476. The zero-order chi connectivity index (χ0) is 11.4. The fourth-order valence-electron chi connectivity index (χ4n) is 0. The van der Waals surface area contributed by atoms with E-state index in [2.05, 4.69) is 35.3 Å². The van der Waals surface area contributed by atoms with Crippen LogP contribution in [0.1, 0.15) is 13.8 Å². The standard InChI is InChI=1S/C3H8O.C2H5NOS.CH3NOS/c1-3(2)4;1-4-2(3)5;2-1(3)4/h3-4H,1-2H3;1H3,(H2,3,5);(H3,2,3,4). The first-order valence-electron chi connectivity index (χ1n) is 3.23. The zero-order valence-corrected chi connectivity index (χ0v) is 9.56. The minimum atomic E-state index is -0.639. The fraction of sp³-hybridized carbons (Fsp3) is 0.667. The number of carbonyl (C=O) groups excluding carboxylic acids is 1. The van der Waals surface area contributed by atoms with E-state index >= 15 is 0 Å². The molecule has 13 heavy (non-hydrogen) atoms. The molecule has 5 nitrogen and oxygen atoms in total. The van der Waals surface area contributed by atoms with Crippen molar-refractivity contribution in [1.82, 2.24) is 0 Å². The van der Waals surface area contributed by atoms with Gasteiger partial charge in [-0.25, -0.2) is 0 Å². The summed E-state index contributed by atoms with van der Waals surface area (Å²) in [6, 6.07) is 0. The van der Waals surface area contributed by atoms with Gasteiger partial charge in [0.15, 0.2) is 0 Å². The van der Waals surface area contributed by atoms with E-state index in [0.29, 0.717) is 0 Å². The molecule has 0 aromatic rings. The number of aliphatic hydroxyl groups excluding tert-OH is 1. The van der Waals surface area contributed by atoms with Crippen LogP contribution in [0.5, 0.6) is 0 Å². The summed E-state index contributed by atoms with van der Waals surface area (Å²) in [5.74, 6) is 0. The molecule has 0 aromatic carbocycles. The van der Waals surface area contributed by atoms with E-state index in [9.17, 15) is 0 Å². The van der Waals surface area contributed by atoms with Crippen molar-refractivity contribution in [3.05, 3.63) is 0 Å². The highest BCUT2D eigenvalue weighted by Gasteiger charge is 1.69. The number of ether oxygens (including phenoxy) is 1. The smallest absolute Gasteiger partial charge is 0.273 e. The Morgan fingerprint density at radius 1 is 1.54 bits per heavy atom. The second-order valence-electron chi connectivity index (χ2n) is 1.96. The van der Waals surface area contributed by atoms with Gasteiger partial charge in [-0.1, -0.05) is 12.6 Å². The molecule has 5 N–H and O–H groups in total. The second-order valence-corrected chi connectivity index (χ2v) is 2.80. The van der Waals surface area contributed by atoms with Crippen molar-refractivity contribution in [2.75, 3.05) is 7.11 Å². The Kier molecular flexibility index (Phi) is 19.7. The van der Waals surface area contributed by atoms with Gasteiger partial charge in [-0.2, -0.15) is 0 Å². The molecule has 0 spiro atoms. The molecule has 0 aliphatic heterocycles. The number of amides is 1. The van der Waals surface area contributed by atoms with Crippen LogP contribution < -0.4 is 11.5 Å². The molecule has 0 aliphatic carbocycles. The Hall–Kier alpha value is -0.530. The van der Waals surface area contributed by atoms with E-state index in [1.54, 1.807) is 13.8 Å². The number of hydrogen-bond acceptors (Lipinski definition) is 4. The van der Waals surface area contributed by atoms with Gasteiger partial charge in [0.05, 0.1) is 7.11 Å². The molecule has 0 radical (unpaired) electrons. The highest BCUT2D eigenvalue weighted by Crippen LogP contribution is 1.65. The number of hydrogen-bond donors (Lipinski definition) is 4. The lowest BCUT2D eigenvalue weighted by molar-refractivity contribution is 0.216. The molecular formula is C6H16N2O3S2. The van der Waals surface area contributed by atoms with Gasteiger partial charge in [0.2, 0.25) is 0 Å². The Balaban J connectivity index is -0.000000117. The summed E-state index contributed by atoms with van der Waals surface area (Å²) in [6.45, 7) is 3.44. The quantitative estimate of drug-likeness (QED) is 0.352. The van der Waals surface area contributed by atoms with E-state index in [-0.39, 0.29) is 11.3 Å². The van der Waals surface area contributed by atoms with Gasteiger partial charge in [-0.3, -0.25) is 4.79 Å². The Bertz CT molecular complexity index is 135. The number of rotatable bonds is 0. The molecular weight excluding hydrogens is 212 g/mol. The van der Waals surface area contributed by atoms with Crippen LogP contribution in [0, 0.1) is 0 Å². The van der Waals surface area contributed by atoms with Crippen LogP contribution >= 0.6 is 24.8 Å². The Labute approximate surface area is 88.8 Å². The van der Waals surface area contributed by atoms with Crippen molar-refractivity contribution in [3.8, 4) is 0 Å². The molecule has 0 saturated heterocycles. The van der Waals surface area contributed by atoms with Crippen LogP contribution in [0.4, 0.5) is 4.79 Å². The van der Waals surface area contributed by atoms with E-state index < -0.39 is 5.24 Å². The number of nitrogens with two attached hydrogens (primary N) is 2. The average molecular weight is 228 g/mol. The number of thiol groups is 1. The lowest BCUT2D eigenvalue weighted by Crippen LogP contribution is -2.08. The minimum Gasteiger partial charge on any atom is -0.475 e. The maximum absolute atomic E-state index is 9.09. The molecule has 0 saturated carbocycles. The van der Waals surface area contributed by atoms with Crippen molar-refractivity contribution < 1.29 is 14.6 Å². The van der Waals surface area contributed by atoms with Gasteiger partial charge in [-0.15, -0.1) is 0 Å². The van der Waals surface area contributed by atoms with E-state index in [4.69, 9.17) is 15.6 Å². The summed E-state index contributed by atoms with van der Waals surface area (Å²) in [5, 5.41) is 7.50. The van der Waals surface area contributed by atoms with Crippen LogP contribution in [0.3, 0.4) is 0 Å². The van der Waals surface area contributed by atoms with E-state index in [1.165, 1.54) is 7.11 Å². The van der Waals surface area contributed by atoms with Gasteiger partial charge >= 0.3 is 0 Å². The topological polar surface area (TPSA) is 98.6 Å². The number of aliphatic hydroxyl groups is 1. The van der Waals surface area contributed by atoms with E-state index in [0.717, 1.165) is 0 Å². The number of primary amides is 1. The molecule has 0 fully saturated rings. The van der Waals surface area contributed by atoms with Crippen LogP contribution in [0.25, 0.3) is 0 Å². The zero-order valence-electron chi connectivity index (χ0n) is 7.85. The summed E-state index contributed by atoms with van der Waals surface area (Å²) in [6.07, 6.45) is -0.167. The Morgan fingerprint density at radius 2 is 1.62 bits per heavy atom. The van der Waals surface area contributed by atoms with Crippen LogP contribution in [-0.4, -0.2) is 28.7 Å². The van der Waals surface area contributed by atoms with Crippen LogP contribution in [0.2, 0.25) is 0 Å². The van der Waals surface area contributed by atoms with E-state index in [1.807, 2.05) is 0 Å². The molecule has 80 valence electrons. The largest absolute Gasteiger partial charge is 0.475 e. The average Bonchev–Trinajstić information content (AvgIpc) is 1.84. The van der Waals surface area contributed by atoms with Crippen LogP contribution in [0.15, 0.2) is 0 Å². The van der Waals surface area contributed by atoms with Gasteiger partial charge in [0.1, 0.15) is 0 Å². The third-order valence-electron chi connectivity index (χ3n) is 0.201. The number of thiocarbonyl (C=S) groups is 1. The van der Waals surface area contributed by atoms with Crippen molar-refractivity contribution in [3.63, 3.8) is 0 Å². The number of carbonyl (C=O) groups is 1. The first kappa shape index (κ1) is 18.3.